The summed E-state index contributed by atoms with van der Waals surface area (Å²) in [5.41, 5.74) is 0.206. The van der Waals surface area contributed by atoms with Crippen molar-refractivity contribution >= 4 is 34.0 Å². The lowest BCUT2D eigenvalue weighted by Gasteiger charge is -1.99. The molecule has 7 heteroatoms. The molecule has 5 nitrogen and oxygen atoms in total. The van der Waals surface area contributed by atoms with Crippen LogP contribution < -0.4 is 5.32 Å². The fourth-order valence-corrected chi connectivity index (χ4v) is 1.77. The number of rotatable bonds is 2. The van der Waals surface area contributed by atoms with Crippen molar-refractivity contribution in [2.24, 2.45) is 0 Å². The van der Waals surface area contributed by atoms with E-state index in [1.54, 1.807) is 6.20 Å². The predicted molar refractivity (Wildman–Crippen MR) is 61.8 cm³/mol. The van der Waals surface area contributed by atoms with Crippen molar-refractivity contribution in [1.82, 2.24) is 15.2 Å². The van der Waals surface area contributed by atoms with E-state index < -0.39 is 0 Å². The smallest absolute Gasteiger partial charge is 0.277 e. The molecule has 0 saturated heterocycles. The zero-order chi connectivity index (χ0) is 11.5. The van der Waals surface area contributed by atoms with Crippen LogP contribution in [0.15, 0.2) is 18.3 Å². The number of amides is 1. The van der Waals surface area contributed by atoms with Gasteiger partial charge in [0.2, 0.25) is 0 Å². The minimum absolute atomic E-state index is 0.206. The Hall–Kier alpha value is -1.53. The van der Waals surface area contributed by atoms with Crippen molar-refractivity contribution in [3.8, 4) is 0 Å². The van der Waals surface area contributed by atoms with Crippen LogP contribution in [0.1, 0.15) is 15.4 Å². The zero-order valence-corrected chi connectivity index (χ0v) is 9.84. The summed E-state index contributed by atoms with van der Waals surface area (Å²) >= 11 is 6.96. The summed E-state index contributed by atoms with van der Waals surface area (Å²) in [4.78, 5) is 16.7. The van der Waals surface area contributed by atoms with Crippen molar-refractivity contribution in [3.63, 3.8) is 0 Å². The highest BCUT2D eigenvalue weighted by molar-refractivity contribution is 7.15. The van der Waals surface area contributed by atoms with Gasteiger partial charge in [0, 0.05) is 11.1 Å². The van der Waals surface area contributed by atoms with E-state index in [0.29, 0.717) is 5.13 Å². The molecule has 0 aromatic carbocycles. The zero-order valence-electron chi connectivity index (χ0n) is 8.27. The monoisotopic (exact) mass is 254 g/mol. The van der Waals surface area contributed by atoms with E-state index in [2.05, 4.69) is 20.5 Å². The molecule has 0 spiro atoms. The van der Waals surface area contributed by atoms with Crippen molar-refractivity contribution < 1.29 is 4.79 Å². The number of thiazole rings is 1. The van der Waals surface area contributed by atoms with Gasteiger partial charge in [-0.25, -0.2) is 4.98 Å². The molecule has 82 valence electrons. The quantitative estimate of drug-likeness (QED) is 0.892. The Morgan fingerprint density at radius 1 is 1.44 bits per heavy atom. The first-order valence-corrected chi connectivity index (χ1v) is 5.57. The molecule has 0 aliphatic carbocycles. The average molecular weight is 255 g/mol. The molecule has 2 aromatic rings. The van der Waals surface area contributed by atoms with Crippen LogP contribution in [-0.2, 0) is 0 Å². The molecule has 1 amide bonds. The minimum atomic E-state index is -0.349. The Morgan fingerprint density at radius 3 is 2.81 bits per heavy atom. The first-order chi connectivity index (χ1) is 7.65. The van der Waals surface area contributed by atoms with Gasteiger partial charge in [0.25, 0.3) is 5.91 Å². The molecule has 0 aliphatic heterocycles. The van der Waals surface area contributed by atoms with Crippen LogP contribution in [0.2, 0.25) is 5.15 Å². The Bertz CT molecular complexity index is 510. The molecule has 0 atom stereocenters. The molecular weight excluding hydrogens is 248 g/mol. The number of carbonyl (C=O) groups excluding carboxylic acids is 1. The second kappa shape index (κ2) is 4.54. The van der Waals surface area contributed by atoms with Gasteiger partial charge in [-0.1, -0.05) is 11.6 Å². The van der Waals surface area contributed by atoms with E-state index in [9.17, 15) is 4.79 Å². The van der Waals surface area contributed by atoms with Gasteiger partial charge in [-0.05, 0) is 19.1 Å². The molecule has 0 radical (unpaired) electrons. The van der Waals surface area contributed by atoms with E-state index in [4.69, 9.17) is 11.6 Å². The number of nitrogens with zero attached hydrogens (tertiary/aromatic N) is 3. The minimum Gasteiger partial charge on any atom is -0.296 e. The fraction of sp³-hybridized carbons (Fsp3) is 0.111. The van der Waals surface area contributed by atoms with Crippen molar-refractivity contribution in [3.05, 3.63) is 34.1 Å². The summed E-state index contributed by atoms with van der Waals surface area (Å²) in [6, 6.07) is 3.02. The lowest BCUT2D eigenvalue weighted by Crippen LogP contribution is -2.13. The van der Waals surface area contributed by atoms with Crippen molar-refractivity contribution in [1.29, 1.82) is 0 Å². The normalized spacial score (nSPS) is 10.1. The van der Waals surface area contributed by atoms with E-state index in [1.165, 1.54) is 23.5 Å². The number of aryl methyl sites for hydroxylation is 1. The van der Waals surface area contributed by atoms with Crippen LogP contribution in [0.25, 0.3) is 0 Å². The number of carbonyl (C=O) groups is 1. The maximum Gasteiger partial charge on any atom is 0.277 e. The highest BCUT2D eigenvalue weighted by atomic mass is 35.5. The number of anilines is 1. The molecule has 0 saturated carbocycles. The first kappa shape index (κ1) is 11.0. The highest BCUT2D eigenvalue weighted by Gasteiger charge is 2.09. The van der Waals surface area contributed by atoms with Gasteiger partial charge in [0.15, 0.2) is 16.0 Å². The van der Waals surface area contributed by atoms with E-state index >= 15 is 0 Å². The number of nitrogens with one attached hydrogen (secondary N) is 1. The topological polar surface area (TPSA) is 67.8 Å². The van der Waals surface area contributed by atoms with Crippen LogP contribution in [-0.4, -0.2) is 21.1 Å². The third kappa shape index (κ3) is 2.53. The van der Waals surface area contributed by atoms with Gasteiger partial charge in [-0.3, -0.25) is 10.1 Å². The van der Waals surface area contributed by atoms with Crippen LogP contribution in [0.5, 0.6) is 0 Å². The standard InChI is InChI=1S/C9H7ClN4OS/c1-5-4-11-9(16-5)12-8(15)6-2-3-7(10)14-13-6/h2-4H,1H3,(H,11,12,15). The van der Waals surface area contributed by atoms with Gasteiger partial charge in [-0.15, -0.1) is 21.5 Å². The van der Waals surface area contributed by atoms with Crippen molar-refractivity contribution in [2.75, 3.05) is 5.32 Å². The number of hydrogen-bond acceptors (Lipinski definition) is 5. The van der Waals surface area contributed by atoms with Crippen LogP contribution >= 0.6 is 22.9 Å². The molecule has 0 bridgehead atoms. The van der Waals surface area contributed by atoms with Gasteiger partial charge in [0.05, 0.1) is 0 Å². The summed E-state index contributed by atoms with van der Waals surface area (Å²) in [5.74, 6) is -0.349. The number of hydrogen-bond donors (Lipinski definition) is 1. The SMILES string of the molecule is Cc1cnc(NC(=O)c2ccc(Cl)nn2)s1. The molecule has 2 rings (SSSR count). The van der Waals surface area contributed by atoms with E-state index in [-0.39, 0.29) is 16.8 Å². The molecular formula is C9H7ClN4OS. The summed E-state index contributed by atoms with van der Waals surface area (Å²) in [7, 11) is 0. The number of halogens is 1. The van der Waals surface area contributed by atoms with Gasteiger partial charge in [0.1, 0.15) is 0 Å². The third-order valence-electron chi connectivity index (χ3n) is 1.71. The van der Waals surface area contributed by atoms with Gasteiger partial charge in [-0.2, -0.15) is 0 Å². The Labute approximate surface area is 101 Å². The maximum absolute atomic E-state index is 11.6. The predicted octanol–water partition coefficient (Wildman–Crippen LogP) is 2.15. The molecule has 1 N–H and O–H groups in total. The second-order valence-electron chi connectivity index (χ2n) is 2.97. The van der Waals surface area contributed by atoms with Crippen molar-refractivity contribution in [2.45, 2.75) is 6.92 Å². The summed E-state index contributed by atoms with van der Waals surface area (Å²) in [6.45, 7) is 1.91. The van der Waals surface area contributed by atoms with Gasteiger partial charge >= 0.3 is 0 Å². The average Bonchev–Trinajstić information content (AvgIpc) is 2.65. The maximum atomic E-state index is 11.6. The summed E-state index contributed by atoms with van der Waals surface area (Å²) in [5, 5.41) is 10.7. The fourth-order valence-electron chi connectivity index (χ4n) is 1.01. The molecule has 2 aromatic heterocycles. The lowest BCUT2D eigenvalue weighted by atomic mass is 10.4. The Kier molecular flexibility index (Phi) is 3.12. The summed E-state index contributed by atoms with van der Waals surface area (Å²) in [6.07, 6.45) is 1.69. The summed E-state index contributed by atoms with van der Waals surface area (Å²) < 4.78 is 0. The number of aromatic nitrogens is 3. The molecule has 16 heavy (non-hydrogen) atoms. The lowest BCUT2D eigenvalue weighted by molar-refractivity contribution is 0.102. The molecule has 0 unspecified atom stereocenters. The van der Waals surface area contributed by atoms with E-state index in [1.807, 2.05) is 6.92 Å². The van der Waals surface area contributed by atoms with E-state index in [0.717, 1.165) is 4.88 Å². The Balaban J connectivity index is 2.11. The van der Waals surface area contributed by atoms with Crippen LogP contribution in [0.4, 0.5) is 5.13 Å². The second-order valence-corrected chi connectivity index (χ2v) is 4.59. The van der Waals surface area contributed by atoms with Gasteiger partial charge < -0.3 is 0 Å². The largest absolute Gasteiger partial charge is 0.296 e. The van der Waals surface area contributed by atoms with Crippen LogP contribution in [0.3, 0.4) is 0 Å². The molecule has 2 heterocycles. The molecule has 0 fully saturated rings. The third-order valence-corrected chi connectivity index (χ3v) is 2.74. The van der Waals surface area contributed by atoms with Crippen LogP contribution in [0, 0.1) is 6.92 Å². The molecule has 0 aliphatic rings. The Morgan fingerprint density at radius 2 is 2.25 bits per heavy atom. The first-order valence-electron chi connectivity index (χ1n) is 4.38. The highest BCUT2D eigenvalue weighted by Crippen LogP contribution is 2.17.